The minimum absolute atomic E-state index is 0.472. The highest BCUT2D eigenvalue weighted by molar-refractivity contribution is 6.30. The predicted molar refractivity (Wildman–Crippen MR) is 104 cm³/mol. The number of rotatable bonds is 5. The maximum atomic E-state index is 12.5. The minimum Gasteiger partial charge on any atom is -0.476 e. The highest BCUT2D eigenvalue weighted by Gasteiger charge is 2.32. The minimum atomic E-state index is -1.13. The molecule has 0 radical (unpaired) electrons. The van der Waals surface area contributed by atoms with Gasteiger partial charge >= 0.3 is 5.97 Å². The van der Waals surface area contributed by atoms with Crippen LogP contribution in [0.15, 0.2) is 78.9 Å². The van der Waals surface area contributed by atoms with Crippen molar-refractivity contribution >= 4 is 17.6 Å². The van der Waals surface area contributed by atoms with Gasteiger partial charge in [0.1, 0.15) is 11.5 Å². The van der Waals surface area contributed by atoms with Crippen LogP contribution >= 0.6 is 11.6 Å². The molecule has 0 aliphatic rings. The van der Waals surface area contributed by atoms with Crippen molar-refractivity contribution in [1.82, 2.24) is 0 Å². The van der Waals surface area contributed by atoms with Gasteiger partial charge in [-0.2, -0.15) is 0 Å². The summed E-state index contributed by atoms with van der Waals surface area (Å²) in [6.07, 6.45) is 0. The topological polar surface area (TPSA) is 35.5 Å². The summed E-state index contributed by atoms with van der Waals surface area (Å²) >= 11 is 5.86. The molecule has 0 aromatic heterocycles. The maximum Gasteiger partial charge on any atom is 0.355 e. The van der Waals surface area contributed by atoms with E-state index in [0.29, 0.717) is 16.5 Å². The smallest absolute Gasteiger partial charge is 0.355 e. The largest absolute Gasteiger partial charge is 0.476 e. The molecule has 0 aliphatic carbocycles. The number of benzene rings is 3. The van der Waals surface area contributed by atoms with Gasteiger partial charge < -0.3 is 9.47 Å². The molecule has 4 heteroatoms. The highest BCUT2D eigenvalue weighted by atomic mass is 35.5. The van der Waals surface area contributed by atoms with Crippen molar-refractivity contribution in [3.8, 4) is 22.6 Å². The fourth-order valence-corrected chi connectivity index (χ4v) is 2.54. The van der Waals surface area contributed by atoms with E-state index in [4.69, 9.17) is 21.1 Å². The SMILES string of the molecule is CC(C)(Oc1ccc(Cl)cc1)C(=O)Oc1ccc(-c2ccccc2)cc1. The summed E-state index contributed by atoms with van der Waals surface area (Å²) in [5, 5.41) is 0.608. The van der Waals surface area contributed by atoms with Crippen LogP contribution in [0.2, 0.25) is 5.02 Å². The Morgan fingerprint density at radius 3 is 1.92 bits per heavy atom. The normalized spacial score (nSPS) is 11.0. The van der Waals surface area contributed by atoms with Gasteiger partial charge in [0.25, 0.3) is 0 Å². The monoisotopic (exact) mass is 366 g/mol. The average molecular weight is 367 g/mol. The van der Waals surface area contributed by atoms with E-state index < -0.39 is 11.6 Å². The average Bonchev–Trinajstić information content (AvgIpc) is 2.65. The van der Waals surface area contributed by atoms with E-state index >= 15 is 0 Å². The summed E-state index contributed by atoms with van der Waals surface area (Å²) in [7, 11) is 0. The van der Waals surface area contributed by atoms with E-state index in [-0.39, 0.29) is 0 Å². The number of carbonyl (C=O) groups excluding carboxylic acids is 1. The van der Waals surface area contributed by atoms with Crippen molar-refractivity contribution in [1.29, 1.82) is 0 Å². The van der Waals surface area contributed by atoms with Gasteiger partial charge in [0.15, 0.2) is 0 Å². The molecule has 0 aliphatic heterocycles. The van der Waals surface area contributed by atoms with Gasteiger partial charge in [0.2, 0.25) is 5.60 Å². The molecule has 0 saturated carbocycles. The lowest BCUT2D eigenvalue weighted by Crippen LogP contribution is -2.41. The molecule has 0 spiro atoms. The first-order valence-electron chi connectivity index (χ1n) is 8.26. The number of hydrogen-bond donors (Lipinski definition) is 0. The van der Waals surface area contributed by atoms with E-state index in [1.165, 1.54) is 0 Å². The number of carbonyl (C=O) groups is 1. The van der Waals surface area contributed by atoms with Crippen molar-refractivity contribution in [2.45, 2.75) is 19.4 Å². The molecule has 0 heterocycles. The summed E-state index contributed by atoms with van der Waals surface area (Å²) in [5.41, 5.74) is 1.03. The van der Waals surface area contributed by atoms with E-state index in [1.54, 1.807) is 50.2 Å². The van der Waals surface area contributed by atoms with E-state index in [9.17, 15) is 4.79 Å². The molecule has 0 N–H and O–H groups in total. The number of hydrogen-bond acceptors (Lipinski definition) is 3. The molecule has 0 unspecified atom stereocenters. The predicted octanol–water partition coefficient (Wildman–Crippen LogP) is 5.77. The highest BCUT2D eigenvalue weighted by Crippen LogP contribution is 2.25. The third-order valence-electron chi connectivity index (χ3n) is 3.85. The Labute approximate surface area is 158 Å². The fraction of sp³-hybridized carbons (Fsp3) is 0.136. The van der Waals surface area contributed by atoms with E-state index in [2.05, 4.69) is 0 Å². The Morgan fingerprint density at radius 1 is 0.769 bits per heavy atom. The molecule has 0 bridgehead atoms. The van der Waals surface area contributed by atoms with Gasteiger partial charge in [-0.05, 0) is 61.4 Å². The molecule has 0 fully saturated rings. The molecule has 0 amide bonds. The summed E-state index contributed by atoms with van der Waals surface area (Å²) in [6, 6.07) is 24.3. The van der Waals surface area contributed by atoms with Crippen molar-refractivity contribution in [3.05, 3.63) is 83.9 Å². The summed E-state index contributed by atoms with van der Waals surface area (Å²) < 4.78 is 11.2. The zero-order valence-corrected chi connectivity index (χ0v) is 15.4. The Hall–Kier alpha value is -2.78. The van der Waals surface area contributed by atoms with Gasteiger partial charge in [-0.3, -0.25) is 0 Å². The van der Waals surface area contributed by atoms with Crippen LogP contribution in [0.4, 0.5) is 0 Å². The van der Waals surface area contributed by atoms with Crippen LogP contribution in [0.5, 0.6) is 11.5 Å². The number of esters is 1. The number of halogens is 1. The van der Waals surface area contributed by atoms with Crippen LogP contribution in [0.3, 0.4) is 0 Å². The van der Waals surface area contributed by atoms with Gasteiger partial charge in [0, 0.05) is 5.02 Å². The lowest BCUT2D eigenvalue weighted by atomic mass is 10.1. The van der Waals surface area contributed by atoms with Crippen LogP contribution in [-0.2, 0) is 4.79 Å². The van der Waals surface area contributed by atoms with Crippen LogP contribution in [0.25, 0.3) is 11.1 Å². The first-order chi connectivity index (χ1) is 12.4. The fourth-order valence-electron chi connectivity index (χ4n) is 2.41. The van der Waals surface area contributed by atoms with Crippen molar-refractivity contribution in [2.75, 3.05) is 0 Å². The quantitative estimate of drug-likeness (QED) is 0.424. The van der Waals surface area contributed by atoms with E-state index in [0.717, 1.165) is 11.1 Å². The Morgan fingerprint density at radius 2 is 1.31 bits per heavy atom. The molecular weight excluding hydrogens is 348 g/mol. The summed E-state index contributed by atoms with van der Waals surface area (Å²) in [4.78, 5) is 12.5. The maximum absolute atomic E-state index is 12.5. The molecule has 0 saturated heterocycles. The zero-order chi connectivity index (χ0) is 18.6. The van der Waals surface area contributed by atoms with Crippen molar-refractivity contribution in [3.63, 3.8) is 0 Å². The van der Waals surface area contributed by atoms with Gasteiger partial charge in [-0.15, -0.1) is 0 Å². The molecule has 3 rings (SSSR count). The Kier molecular flexibility index (Phi) is 5.29. The van der Waals surface area contributed by atoms with Gasteiger partial charge in [0.05, 0.1) is 0 Å². The van der Waals surface area contributed by atoms with Crippen LogP contribution in [0, 0.1) is 0 Å². The standard InChI is InChI=1S/C22H19ClO3/c1-22(2,26-20-14-10-18(23)11-15-20)21(24)25-19-12-8-17(9-13-19)16-6-4-3-5-7-16/h3-15H,1-2H3. The van der Waals surface area contributed by atoms with Crippen molar-refractivity contribution < 1.29 is 14.3 Å². The first-order valence-corrected chi connectivity index (χ1v) is 8.64. The molecule has 132 valence electrons. The van der Waals surface area contributed by atoms with Crippen LogP contribution in [-0.4, -0.2) is 11.6 Å². The first kappa shape index (κ1) is 18.0. The Bertz CT molecular complexity index is 870. The summed E-state index contributed by atoms with van der Waals surface area (Å²) in [6.45, 7) is 3.34. The second kappa shape index (κ2) is 7.63. The lowest BCUT2D eigenvalue weighted by Gasteiger charge is -2.24. The molecular formula is C22H19ClO3. The second-order valence-electron chi connectivity index (χ2n) is 6.35. The second-order valence-corrected chi connectivity index (χ2v) is 6.78. The lowest BCUT2D eigenvalue weighted by molar-refractivity contribution is -0.149. The van der Waals surface area contributed by atoms with Gasteiger partial charge in [-0.25, -0.2) is 4.79 Å². The van der Waals surface area contributed by atoms with Crippen LogP contribution < -0.4 is 9.47 Å². The van der Waals surface area contributed by atoms with E-state index in [1.807, 2.05) is 42.5 Å². The van der Waals surface area contributed by atoms with Crippen molar-refractivity contribution in [2.24, 2.45) is 0 Å². The third-order valence-corrected chi connectivity index (χ3v) is 4.10. The van der Waals surface area contributed by atoms with Gasteiger partial charge in [-0.1, -0.05) is 54.1 Å². The molecule has 26 heavy (non-hydrogen) atoms. The summed E-state index contributed by atoms with van der Waals surface area (Å²) in [5.74, 6) is 0.554. The molecule has 3 aromatic carbocycles. The van der Waals surface area contributed by atoms with Crippen LogP contribution in [0.1, 0.15) is 13.8 Å². The Balaban J connectivity index is 1.67. The third kappa shape index (κ3) is 4.44. The molecule has 3 aromatic rings. The zero-order valence-electron chi connectivity index (χ0n) is 14.6. The molecule has 3 nitrogen and oxygen atoms in total. The molecule has 0 atom stereocenters. The number of ether oxygens (including phenoxy) is 2.